The van der Waals surface area contributed by atoms with Gasteiger partial charge in [-0.1, -0.05) is 11.3 Å². The Balaban J connectivity index is 2.54. The molecule has 0 spiro atoms. The van der Waals surface area contributed by atoms with Gasteiger partial charge in [-0.3, -0.25) is 0 Å². The average Bonchev–Trinajstić information content (AvgIpc) is 2.44. The van der Waals surface area contributed by atoms with E-state index in [2.05, 4.69) is 15.0 Å². The summed E-state index contributed by atoms with van der Waals surface area (Å²) in [4.78, 5) is 4.02. The quantitative estimate of drug-likeness (QED) is 0.718. The second kappa shape index (κ2) is 4.56. The van der Waals surface area contributed by atoms with Crippen LogP contribution in [0.4, 0.5) is 10.1 Å². The van der Waals surface area contributed by atoms with E-state index in [4.69, 9.17) is 5.73 Å². The van der Waals surface area contributed by atoms with E-state index in [9.17, 15) is 8.42 Å². The molecule has 1 aromatic heterocycles. The molecule has 1 heterocycles. The zero-order valence-corrected chi connectivity index (χ0v) is 11.1. The Morgan fingerprint density at radius 1 is 1.56 bits per heavy atom. The fourth-order valence-corrected chi connectivity index (χ4v) is 2.86. The van der Waals surface area contributed by atoms with Crippen LogP contribution in [0.15, 0.2) is 6.20 Å². The predicted octanol–water partition coefficient (Wildman–Crippen LogP) is 0.465. The van der Waals surface area contributed by atoms with E-state index in [1.807, 2.05) is 0 Å². The SMILES string of the molecule is CC(C)(CNc1ncc(N)s1)NS(C)(=O)=O. The third kappa shape index (κ3) is 4.77. The number of nitrogens with zero attached hydrogens (tertiary/aromatic N) is 1. The van der Waals surface area contributed by atoms with Gasteiger partial charge in [-0.15, -0.1) is 0 Å². The zero-order valence-electron chi connectivity index (χ0n) is 9.44. The first-order chi connectivity index (χ1) is 7.18. The highest BCUT2D eigenvalue weighted by molar-refractivity contribution is 7.88. The minimum absolute atomic E-state index is 0.438. The molecule has 8 heteroatoms. The number of thiazole rings is 1. The van der Waals surface area contributed by atoms with E-state index in [-0.39, 0.29) is 0 Å². The molecule has 0 amide bonds. The van der Waals surface area contributed by atoms with Crippen LogP contribution in [0, 0.1) is 0 Å². The lowest BCUT2D eigenvalue weighted by molar-refractivity contribution is 0.476. The van der Waals surface area contributed by atoms with Crippen LogP contribution in [0.3, 0.4) is 0 Å². The highest BCUT2D eigenvalue weighted by atomic mass is 32.2. The molecule has 4 N–H and O–H groups in total. The number of nitrogens with one attached hydrogen (secondary N) is 2. The fourth-order valence-electron chi connectivity index (χ4n) is 1.20. The van der Waals surface area contributed by atoms with Crippen LogP contribution in [0.1, 0.15) is 13.8 Å². The minimum Gasteiger partial charge on any atom is -0.389 e. The van der Waals surface area contributed by atoms with Gasteiger partial charge in [0.05, 0.1) is 12.5 Å². The Hall–Kier alpha value is -0.860. The molecule has 0 unspecified atom stereocenters. The van der Waals surface area contributed by atoms with Crippen molar-refractivity contribution in [3.05, 3.63) is 6.20 Å². The van der Waals surface area contributed by atoms with Crippen molar-refractivity contribution in [1.82, 2.24) is 9.71 Å². The number of nitrogen functional groups attached to an aromatic ring is 1. The Kier molecular flexibility index (Phi) is 3.76. The van der Waals surface area contributed by atoms with Crippen molar-refractivity contribution in [3.8, 4) is 0 Å². The highest BCUT2D eigenvalue weighted by Gasteiger charge is 2.22. The van der Waals surface area contributed by atoms with E-state index >= 15 is 0 Å². The van der Waals surface area contributed by atoms with Crippen LogP contribution >= 0.6 is 11.3 Å². The number of sulfonamides is 1. The van der Waals surface area contributed by atoms with Crippen LogP contribution in [-0.2, 0) is 10.0 Å². The molecular formula is C8H16N4O2S2. The monoisotopic (exact) mass is 264 g/mol. The summed E-state index contributed by atoms with van der Waals surface area (Å²) in [5.74, 6) is 0. The molecule has 16 heavy (non-hydrogen) atoms. The van der Waals surface area contributed by atoms with Crippen molar-refractivity contribution >= 4 is 31.5 Å². The summed E-state index contributed by atoms with van der Waals surface area (Å²) in [6, 6.07) is 0. The van der Waals surface area contributed by atoms with Gasteiger partial charge in [-0.05, 0) is 13.8 Å². The summed E-state index contributed by atoms with van der Waals surface area (Å²) < 4.78 is 24.7. The molecule has 92 valence electrons. The Bertz CT molecular complexity index is 452. The molecule has 0 aliphatic heterocycles. The maximum Gasteiger partial charge on any atom is 0.209 e. The summed E-state index contributed by atoms with van der Waals surface area (Å²) in [6.45, 7) is 4.02. The lowest BCUT2D eigenvalue weighted by Crippen LogP contribution is -2.47. The summed E-state index contributed by atoms with van der Waals surface area (Å²) in [5.41, 5.74) is 4.95. The Morgan fingerprint density at radius 2 is 2.19 bits per heavy atom. The maximum absolute atomic E-state index is 11.1. The number of nitrogens with two attached hydrogens (primary N) is 1. The fraction of sp³-hybridized carbons (Fsp3) is 0.625. The number of hydrogen-bond donors (Lipinski definition) is 3. The first kappa shape index (κ1) is 13.2. The molecule has 1 aromatic rings. The van der Waals surface area contributed by atoms with Crippen LogP contribution in [0.25, 0.3) is 0 Å². The lowest BCUT2D eigenvalue weighted by Gasteiger charge is -2.24. The van der Waals surface area contributed by atoms with Gasteiger partial charge in [0.25, 0.3) is 0 Å². The molecule has 0 aliphatic carbocycles. The number of hydrogen-bond acceptors (Lipinski definition) is 6. The molecule has 0 radical (unpaired) electrons. The summed E-state index contributed by atoms with van der Waals surface area (Å²) in [5, 5.41) is 4.33. The van der Waals surface area contributed by atoms with Crippen LogP contribution in [0.2, 0.25) is 0 Å². The lowest BCUT2D eigenvalue weighted by atomic mass is 10.1. The number of anilines is 2. The average molecular weight is 264 g/mol. The molecule has 6 nitrogen and oxygen atoms in total. The topological polar surface area (TPSA) is 97.1 Å². The first-order valence-electron chi connectivity index (χ1n) is 4.62. The molecular weight excluding hydrogens is 248 g/mol. The molecule has 0 fully saturated rings. The summed E-state index contributed by atoms with van der Waals surface area (Å²) >= 11 is 1.32. The van der Waals surface area contributed by atoms with E-state index in [0.717, 1.165) is 6.26 Å². The molecule has 0 saturated heterocycles. The number of rotatable bonds is 5. The normalized spacial score (nSPS) is 12.7. The van der Waals surface area contributed by atoms with Crippen molar-refractivity contribution in [3.63, 3.8) is 0 Å². The van der Waals surface area contributed by atoms with Gasteiger partial charge >= 0.3 is 0 Å². The number of aromatic nitrogens is 1. The predicted molar refractivity (Wildman–Crippen MR) is 67.1 cm³/mol. The van der Waals surface area contributed by atoms with Gasteiger partial charge in [-0.25, -0.2) is 18.1 Å². The third-order valence-corrected chi connectivity index (χ3v) is 3.37. The molecule has 0 aliphatic rings. The Labute approximate surface area is 99.3 Å². The second-order valence-corrected chi connectivity index (χ2v) is 6.99. The van der Waals surface area contributed by atoms with Gasteiger partial charge in [0.2, 0.25) is 10.0 Å². The minimum atomic E-state index is -3.21. The van der Waals surface area contributed by atoms with E-state index in [1.165, 1.54) is 11.3 Å². The van der Waals surface area contributed by atoms with E-state index < -0.39 is 15.6 Å². The molecule has 0 aromatic carbocycles. The Morgan fingerprint density at radius 3 is 2.62 bits per heavy atom. The zero-order chi connectivity index (χ0) is 12.4. The van der Waals surface area contributed by atoms with Gasteiger partial charge < -0.3 is 11.1 Å². The highest BCUT2D eigenvalue weighted by Crippen LogP contribution is 2.20. The first-order valence-corrected chi connectivity index (χ1v) is 7.33. The maximum atomic E-state index is 11.1. The van der Waals surface area contributed by atoms with E-state index in [0.29, 0.717) is 16.7 Å². The van der Waals surface area contributed by atoms with E-state index in [1.54, 1.807) is 20.0 Å². The smallest absolute Gasteiger partial charge is 0.209 e. The second-order valence-electron chi connectivity index (χ2n) is 4.18. The van der Waals surface area contributed by atoms with Crippen molar-refractivity contribution in [2.45, 2.75) is 19.4 Å². The molecule has 1 rings (SSSR count). The largest absolute Gasteiger partial charge is 0.389 e. The third-order valence-electron chi connectivity index (χ3n) is 1.67. The van der Waals surface area contributed by atoms with Crippen molar-refractivity contribution in [1.29, 1.82) is 0 Å². The molecule has 0 bridgehead atoms. The van der Waals surface area contributed by atoms with Crippen LogP contribution in [0.5, 0.6) is 0 Å². The summed E-state index contributed by atoms with van der Waals surface area (Å²) in [6.07, 6.45) is 2.69. The van der Waals surface area contributed by atoms with Crippen molar-refractivity contribution < 1.29 is 8.42 Å². The van der Waals surface area contributed by atoms with Crippen molar-refractivity contribution in [2.75, 3.05) is 23.9 Å². The van der Waals surface area contributed by atoms with Gasteiger partial charge in [0, 0.05) is 12.1 Å². The van der Waals surface area contributed by atoms with Crippen LogP contribution in [-0.4, -0.2) is 31.7 Å². The summed E-state index contributed by atoms with van der Waals surface area (Å²) in [7, 11) is -3.21. The van der Waals surface area contributed by atoms with Crippen LogP contribution < -0.4 is 15.8 Å². The molecule has 0 atom stereocenters. The molecule has 0 saturated carbocycles. The van der Waals surface area contributed by atoms with Gasteiger partial charge in [-0.2, -0.15) is 0 Å². The van der Waals surface area contributed by atoms with Gasteiger partial charge in [0.1, 0.15) is 5.00 Å². The standard InChI is InChI=1S/C8H16N4O2S2/c1-8(2,12-16(3,13)14)5-11-7-10-4-6(9)15-7/h4,12H,5,9H2,1-3H3,(H,10,11). The van der Waals surface area contributed by atoms with Gasteiger partial charge in [0.15, 0.2) is 5.13 Å². The van der Waals surface area contributed by atoms with Crippen molar-refractivity contribution in [2.24, 2.45) is 0 Å².